The van der Waals surface area contributed by atoms with Gasteiger partial charge in [-0.05, 0) is 5.56 Å². The van der Waals surface area contributed by atoms with Gasteiger partial charge in [-0.3, -0.25) is 4.79 Å². The molecule has 17 heavy (non-hydrogen) atoms. The topological polar surface area (TPSA) is 105 Å². The number of hydrogen-bond donors (Lipinski definition) is 3. The summed E-state index contributed by atoms with van der Waals surface area (Å²) in [6, 6.07) is 6.23. The van der Waals surface area contributed by atoms with Crippen molar-refractivity contribution in [2.45, 2.75) is 6.04 Å². The summed E-state index contributed by atoms with van der Waals surface area (Å²) in [6.45, 7) is 0. The number of urea groups is 2. The van der Waals surface area contributed by atoms with Crippen molar-refractivity contribution in [3.8, 4) is 0 Å². The van der Waals surface area contributed by atoms with Crippen molar-refractivity contribution in [2.24, 2.45) is 5.73 Å². The molecule has 1 fully saturated rings. The standard InChI is InChI=1S/C10H10N4O3/c11-9(16)13-14-8(15)7(12-10(14)17)6-4-2-1-3-5-6/h1-5,7H,(H,12,17)(H3,11,13,16). The van der Waals surface area contributed by atoms with E-state index >= 15 is 0 Å². The van der Waals surface area contributed by atoms with E-state index in [0.717, 1.165) is 0 Å². The zero-order valence-corrected chi connectivity index (χ0v) is 8.71. The molecule has 1 unspecified atom stereocenters. The molecule has 0 aromatic heterocycles. The van der Waals surface area contributed by atoms with Crippen molar-refractivity contribution in [2.75, 3.05) is 0 Å². The van der Waals surface area contributed by atoms with Crippen molar-refractivity contribution < 1.29 is 14.4 Å². The molecule has 88 valence electrons. The van der Waals surface area contributed by atoms with E-state index in [2.05, 4.69) is 5.32 Å². The Morgan fingerprint density at radius 2 is 1.94 bits per heavy atom. The smallest absolute Gasteiger partial charge is 0.344 e. The van der Waals surface area contributed by atoms with Crippen molar-refractivity contribution in [3.05, 3.63) is 35.9 Å². The first-order valence-electron chi connectivity index (χ1n) is 4.85. The number of rotatable bonds is 2. The van der Waals surface area contributed by atoms with E-state index in [1.165, 1.54) is 0 Å². The predicted molar refractivity (Wildman–Crippen MR) is 57.3 cm³/mol. The van der Waals surface area contributed by atoms with Gasteiger partial charge in [0.05, 0.1) is 0 Å². The number of imide groups is 1. The maximum Gasteiger partial charge on any atom is 0.344 e. The van der Waals surface area contributed by atoms with E-state index in [0.29, 0.717) is 10.6 Å². The molecule has 1 aliphatic heterocycles. The molecule has 0 radical (unpaired) electrons. The number of nitrogens with zero attached hydrogens (tertiary/aromatic N) is 1. The minimum atomic E-state index is -0.970. The molecular weight excluding hydrogens is 224 g/mol. The number of amides is 5. The first-order chi connectivity index (χ1) is 8.09. The van der Waals surface area contributed by atoms with Crippen LogP contribution in [0.1, 0.15) is 11.6 Å². The van der Waals surface area contributed by atoms with Gasteiger partial charge in [0, 0.05) is 0 Å². The summed E-state index contributed by atoms with van der Waals surface area (Å²) in [6.07, 6.45) is 0. The number of benzene rings is 1. The number of hydrazine groups is 1. The lowest BCUT2D eigenvalue weighted by Crippen LogP contribution is -2.48. The highest BCUT2D eigenvalue weighted by Gasteiger charge is 2.39. The molecule has 0 saturated carbocycles. The molecule has 1 saturated heterocycles. The fourth-order valence-corrected chi connectivity index (χ4v) is 1.57. The highest BCUT2D eigenvalue weighted by Crippen LogP contribution is 2.19. The van der Waals surface area contributed by atoms with Crippen LogP contribution < -0.4 is 16.5 Å². The molecule has 1 atom stereocenters. The number of primary amides is 1. The van der Waals surface area contributed by atoms with E-state index in [1.54, 1.807) is 30.3 Å². The second-order valence-corrected chi connectivity index (χ2v) is 3.44. The van der Waals surface area contributed by atoms with Gasteiger partial charge in [-0.25, -0.2) is 15.0 Å². The molecule has 0 bridgehead atoms. The maximum absolute atomic E-state index is 11.8. The lowest BCUT2D eigenvalue weighted by atomic mass is 10.1. The third-order valence-electron chi connectivity index (χ3n) is 2.29. The zero-order valence-electron chi connectivity index (χ0n) is 8.71. The van der Waals surface area contributed by atoms with Crippen molar-refractivity contribution in [1.82, 2.24) is 15.8 Å². The number of nitrogens with two attached hydrogens (primary N) is 1. The molecular formula is C10H10N4O3. The molecule has 2 rings (SSSR count). The van der Waals surface area contributed by atoms with Crippen molar-refractivity contribution in [1.29, 1.82) is 0 Å². The van der Waals surface area contributed by atoms with Crippen molar-refractivity contribution in [3.63, 3.8) is 0 Å². The summed E-state index contributed by atoms with van der Waals surface area (Å²) in [5.41, 5.74) is 7.45. The molecule has 0 aliphatic carbocycles. The van der Waals surface area contributed by atoms with E-state index in [9.17, 15) is 14.4 Å². The Morgan fingerprint density at radius 3 is 2.53 bits per heavy atom. The normalized spacial score (nSPS) is 19.1. The summed E-state index contributed by atoms with van der Waals surface area (Å²) in [7, 11) is 0. The van der Waals surface area contributed by atoms with Gasteiger partial charge in [0.25, 0.3) is 5.91 Å². The molecule has 0 spiro atoms. The second kappa shape index (κ2) is 4.12. The average molecular weight is 234 g/mol. The summed E-state index contributed by atoms with van der Waals surface area (Å²) < 4.78 is 0. The van der Waals surface area contributed by atoms with Crippen molar-refractivity contribution >= 4 is 18.0 Å². The Kier molecular flexibility index (Phi) is 2.65. The summed E-state index contributed by atoms with van der Waals surface area (Å²) >= 11 is 0. The van der Waals surface area contributed by atoms with Crippen LogP contribution in [0.5, 0.6) is 0 Å². The summed E-state index contributed by atoms with van der Waals surface area (Å²) in [4.78, 5) is 33.9. The maximum atomic E-state index is 11.8. The third-order valence-corrected chi connectivity index (χ3v) is 2.29. The Labute approximate surface area is 96.5 Å². The Hall–Kier alpha value is -2.57. The predicted octanol–water partition coefficient (Wildman–Crippen LogP) is -0.137. The van der Waals surface area contributed by atoms with Gasteiger partial charge in [-0.2, -0.15) is 5.01 Å². The van der Waals surface area contributed by atoms with Gasteiger partial charge in [-0.15, -0.1) is 0 Å². The van der Waals surface area contributed by atoms with Gasteiger partial charge < -0.3 is 11.1 Å². The zero-order chi connectivity index (χ0) is 12.4. The number of carbonyl (C=O) groups is 3. The molecule has 7 heteroatoms. The fraction of sp³-hybridized carbons (Fsp3) is 0.100. The first kappa shape index (κ1) is 10.9. The Morgan fingerprint density at radius 1 is 1.29 bits per heavy atom. The molecule has 1 aromatic rings. The fourth-order valence-electron chi connectivity index (χ4n) is 1.57. The van der Waals surface area contributed by atoms with Crippen LogP contribution in [-0.2, 0) is 4.79 Å². The molecule has 4 N–H and O–H groups in total. The van der Waals surface area contributed by atoms with Crippen LogP contribution in [0.4, 0.5) is 9.59 Å². The Balaban J connectivity index is 2.22. The molecule has 7 nitrogen and oxygen atoms in total. The average Bonchev–Trinajstić information content (AvgIpc) is 2.58. The van der Waals surface area contributed by atoms with Gasteiger partial charge in [0.1, 0.15) is 6.04 Å². The molecule has 1 heterocycles. The lowest BCUT2D eigenvalue weighted by molar-refractivity contribution is -0.129. The number of carbonyl (C=O) groups excluding carboxylic acids is 3. The second-order valence-electron chi connectivity index (χ2n) is 3.44. The minimum absolute atomic E-state index is 0.569. The van der Waals surface area contributed by atoms with Crippen LogP contribution in [-0.4, -0.2) is 23.0 Å². The van der Waals surface area contributed by atoms with Crippen LogP contribution in [0.15, 0.2) is 30.3 Å². The first-order valence-corrected chi connectivity index (χ1v) is 4.85. The molecule has 5 amide bonds. The van der Waals surface area contributed by atoms with Crippen LogP contribution in [0.25, 0.3) is 0 Å². The third kappa shape index (κ3) is 2.03. The summed E-state index contributed by atoms with van der Waals surface area (Å²) in [5, 5.41) is 3.01. The SMILES string of the molecule is NC(=O)NN1C(=O)NC(c2ccccc2)C1=O. The van der Waals surface area contributed by atoms with E-state index in [1.807, 2.05) is 5.43 Å². The van der Waals surface area contributed by atoms with Gasteiger partial charge in [0.15, 0.2) is 0 Å². The highest BCUT2D eigenvalue weighted by molar-refractivity contribution is 6.05. The molecule has 1 aliphatic rings. The van der Waals surface area contributed by atoms with Gasteiger partial charge in [-0.1, -0.05) is 30.3 Å². The van der Waals surface area contributed by atoms with Crippen LogP contribution in [0, 0.1) is 0 Å². The summed E-state index contributed by atoms with van der Waals surface area (Å²) in [5.74, 6) is -0.569. The Bertz CT molecular complexity index is 474. The van der Waals surface area contributed by atoms with E-state index in [4.69, 9.17) is 5.73 Å². The van der Waals surface area contributed by atoms with E-state index in [-0.39, 0.29) is 0 Å². The lowest BCUT2D eigenvalue weighted by Gasteiger charge is -2.11. The molecule has 1 aromatic carbocycles. The highest BCUT2D eigenvalue weighted by atomic mass is 16.2. The quantitative estimate of drug-likeness (QED) is 0.620. The van der Waals surface area contributed by atoms with Crippen LogP contribution in [0.3, 0.4) is 0 Å². The van der Waals surface area contributed by atoms with Crippen LogP contribution >= 0.6 is 0 Å². The van der Waals surface area contributed by atoms with Crippen LogP contribution in [0.2, 0.25) is 0 Å². The monoisotopic (exact) mass is 234 g/mol. The van der Waals surface area contributed by atoms with Gasteiger partial charge in [0.2, 0.25) is 0 Å². The number of hydrogen-bond acceptors (Lipinski definition) is 3. The number of nitrogens with one attached hydrogen (secondary N) is 2. The largest absolute Gasteiger partial charge is 0.350 e. The minimum Gasteiger partial charge on any atom is -0.350 e. The van der Waals surface area contributed by atoms with E-state index < -0.39 is 24.0 Å². The van der Waals surface area contributed by atoms with Gasteiger partial charge >= 0.3 is 12.1 Å².